The maximum Gasteiger partial charge on any atom is 0.311 e. The third-order valence-electron chi connectivity index (χ3n) is 16.6. The third-order valence-corrected chi connectivity index (χ3v) is 31.3. The normalized spacial score (nSPS) is 19.8. The number of carbonyl (C=O) groups is 1. The molecular weight excluding hydrogens is 1040 g/mol. The van der Waals surface area contributed by atoms with Gasteiger partial charge < -0.3 is 32.2 Å². The Bertz CT molecular complexity index is 3090. The number of epoxide rings is 1. The van der Waals surface area contributed by atoms with Crippen molar-refractivity contribution in [3.05, 3.63) is 181 Å². The van der Waals surface area contributed by atoms with Gasteiger partial charge in [-0.25, -0.2) is 0 Å². The summed E-state index contributed by atoms with van der Waals surface area (Å²) in [7, 11) is -7.80. The van der Waals surface area contributed by atoms with E-state index in [4.69, 9.17) is 38.6 Å². The highest BCUT2D eigenvalue weighted by atomic mass is 28.4. The molecule has 80 heavy (non-hydrogen) atoms. The van der Waals surface area contributed by atoms with Gasteiger partial charge in [0.15, 0.2) is 25.6 Å². The van der Waals surface area contributed by atoms with E-state index in [1.807, 2.05) is 26.8 Å². The molecule has 1 fully saturated rings. The first-order valence-corrected chi connectivity index (χ1v) is 34.9. The van der Waals surface area contributed by atoms with Crippen LogP contribution in [0, 0.1) is 29.6 Å². The monoisotopic (exact) mass is 1120 g/mol. The van der Waals surface area contributed by atoms with Crippen LogP contribution in [0.2, 0.25) is 28.2 Å². The minimum Gasteiger partial charge on any atom is -0.462 e. The molecule has 2 aliphatic rings. The second-order valence-corrected chi connectivity index (χ2v) is 37.9. The van der Waals surface area contributed by atoms with Gasteiger partial charge in [-0.05, 0) is 92.1 Å². The van der Waals surface area contributed by atoms with Crippen molar-refractivity contribution < 1.29 is 37.0 Å². The van der Waals surface area contributed by atoms with Crippen molar-refractivity contribution in [1.82, 2.24) is 0 Å². The number of carbonyl (C=O) groups excluding carboxylic acids is 1. The van der Waals surface area contributed by atoms with Gasteiger partial charge in [0.25, 0.3) is 16.6 Å². The first kappa shape index (κ1) is 60.4. The van der Waals surface area contributed by atoms with Crippen LogP contribution in [0.3, 0.4) is 0 Å². The first-order valence-electron chi connectivity index (χ1n) is 28.6. The number of fused-ring (bicyclic) bond motifs is 1. The molecule has 8 nitrogen and oxygen atoms in total. The van der Waals surface area contributed by atoms with Crippen LogP contribution >= 0.6 is 0 Å². The van der Waals surface area contributed by atoms with Crippen LogP contribution in [0.4, 0.5) is 0 Å². The van der Waals surface area contributed by atoms with Crippen LogP contribution in [0.25, 0.3) is 10.8 Å². The predicted octanol–water partition coefficient (Wildman–Crippen LogP) is 12.3. The Labute approximate surface area is 481 Å². The van der Waals surface area contributed by atoms with Gasteiger partial charge in [0.05, 0.1) is 11.5 Å². The lowest BCUT2D eigenvalue weighted by molar-refractivity contribution is -0.173. The number of terminal acetylenes is 1. The van der Waals surface area contributed by atoms with Gasteiger partial charge in [0, 0.05) is 19.1 Å². The van der Waals surface area contributed by atoms with Crippen LogP contribution in [0.5, 0.6) is 0 Å². The molecular formula is C69H84O8Si3. The summed E-state index contributed by atoms with van der Waals surface area (Å²) in [6.07, 6.45) is 5.94. The van der Waals surface area contributed by atoms with E-state index in [0.29, 0.717) is 12.0 Å². The zero-order valence-electron chi connectivity index (χ0n) is 49.6. The highest BCUT2D eigenvalue weighted by molar-refractivity contribution is 7.00. The van der Waals surface area contributed by atoms with Crippen LogP contribution in [-0.4, -0.2) is 87.0 Å². The summed E-state index contributed by atoms with van der Waals surface area (Å²) in [6, 6.07) is 60.0. The average molecular weight is 1130 g/mol. The first-order chi connectivity index (χ1) is 38.1. The maximum atomic E-state index is 13.9. The van der Waals surface area contributed by atoms with Gasteiger partial charge >= 0.3 is 5.97 Å². The summed E-state index contributed by atoms with van der Waals surface area (Å²) in [5, 5.41) is 5.84. The Morgan fingerprint density at radius 3 is 1.56 bits per heavy atom. The molecule has 1 saturated heterocycles. The highest BCUT2D eigenvalue weighted by Gasteiger charge is 2.72. The summed E-state index contributed by atoms with van der Waals surface area (Å²) < 4.78 is 50.5. The standard InChI is InChI=1S/C69H84O8Si3/c1-15-61-69(74-61)55(45-46-68(77-78(16-2,17-3)18-4,49-52-43-44-53-33-31-32-34-54(53)47-52)62(73-51-71-14)50-72-64(70)65(5,6)7)48-60(75-79(66(8,9)10,56-35-23-19-24-36-56)57-37-25-20-26-38-57)63(69)76-80(67(11,12)13,58-39-27-21-28-40-58)59-41-29-22-30-42-59/h1,19-44,47-48,60-63H,16-18,49-51H2,2-14H3/t60-,61-,62+,63+,68-,69+/m0/s1. The second kappa shape index (κ2) is 24.4. The van der Waals surface area contributed by atoms with E-state index in [1.54, 1.807) is 7.11 Å². The molecule has 0 aromatic heterocycles. The van der Waals surface area contributed by atoms with E-state index in [0.717, 1.165) is 55.2 Å². The molecule has 1 aliphatic heterocycles. The summed E-state index contributed by atoms with van der Waals surface area (Å²) in [6.45, 7) is 25.7. The molecule has 1 spiro atoms. The second-order valence-electron chi connectivity index (χ2n) is 24.7. The van der Waals surface area contributed by atoms with E-state index in [-0.39, 0.29) is 19.4 Å². The number of esters is 1. The van der Waals surface area contributed by atoms with Crippen molar-refractivity contribution in [1.29, 1.82) is 0 Å². The van der Waals surface area contributed by atoms with E-state index in [2.05, 4.69) is 244 Å². The minimum atomic E-state index is -3.40. The van der Waals surface area contributed by atoms with E-state index in [9.17, 15) is 4.79 Å². The fourth-order valence-electron chi connectivity index (χ4n) is 12.1. The minimum absolute atomic E-state index is 0.0983. The molecule has 0 bridgehead atoms. The summed E-state index contributed by atoms with van der Waals surface area (Å²) >= 11 is 0. The van der Waals surface area contributed by atoms with Crippen molar-refractivity contribution >= 4 is 62.4 Å². The molecule has 420 valence electrons. The van der Waals surface area contributed by atoms with Gasteiger partial charge in [-0.15, -0.1) is 6.42 Å². The molecule has 0 unspecified atom stereocenters. The Hall–Kier alpha value is -5.68. The maximum absolute atomic E-state index is 13.9. The number of hydrogen-bond acceptors (Lipinski definition) is 8. The van der Waals surface area contributed by atoms with Crippen LogP contribution in [-0.2, 0) is 43.4 Å². The quantitative estimate of drug-likeness (QED) is 0.0232. The number of ether oxygens (including phenoxy) is 4. The summed E-state index contributed by atoms with van der Waals surface area (Å²) in [5.74, 6) is 10.4. The molecule has 6 aromatic rings. The Kier molecular flexibility index (Phi) is 18.4. The molecule has 0 saturated carbocycles. The molecule has 1 aliphatic carbocycles. The third kappa shape index (κ3) is 11.8. The van der Waals surface area contributed by atoms with Gasteiger partial charge in [0.2, 0.25) is 0 Å². The molecule has 8 rings (SSSR count). The Balaban J connectivity index is 1.45. The lowest BCUT2D eigenvalue weighted by Crippen LogP contribution is -2.71. The number of hydrogen-bond donors (Lipinski definition) is 0. The fraction of sp³-hybridized carbons (Fsp3) is 0.406. The van der Waals surface area contributed by atoms with Gasteiger partial charge in [0.1, 0.15) is 25.6 Å². The Morgan fingerprint density at radius 2 is 1.12 bits per heavy atom. The fourth-order valence-corrected chi connectivity index (χ4v) is 24.3. The van der Waals surface area contributed by atoms with Crippen molar-refractivity contribution in [2.75, 3.05) is 20.5 Å². The van der Waals surface area contributed by atoms with Crippen molar-refractivity contribution in [2.24, 2.45) is 5.41 Å². The number of benzene rings is 6. The lowest BCUT2D eigenvalue weighted by atomic mass is 9.87. The molecule has 6 atom stereocenters. The van der Waals surface area contributed by atoms with E-state index < -0.39 is 76.1 Å². The van der Waals surface area contributed by atoms with Gasteiger partial charge in [-0.2, -0.15) is 0 Å². The van der Waals surface area contributed by atoms with Crippen molar-refractivity contribution in [3.63, 3.8) is 0 Å². The van der Waals surface area contributed by atoms with Gasteiger partial charge in [-0.3, -0.25) is 4.79 Å². The van der Waals surface area contributed by atoms with Crippen LogP contribution in [0.1, 0.15) is 88.6 Å². The molecule has 0 radical (unpaired) electrons. The molecule has 6 aromatic carbocycles. The molecule has 11 heteroatoms. The van der Waals surface area contributed by atoms with Gasteiger partial charge in [-0.1, -0.05) is 244 Å². The predicted molar refractivity (Wildman–Crippen MR) is 333 cm³/mol. The summed E-state index contributed by atoms with van der Waals surface area (Å²) in [5.41, 5.74) is -1.83. The van der Waals surface area contributed by atoms with Crippen molar-refractivity contribution in [2.45, 2.75) is 153 Å². The topological polar surface area (TPSA) is 85.0 Å². The largest absolute Gasteiger partial charge is 0.462 e. The number of rotatable bonds is 21. The van der Waals surface area contributed by atoms with Crippen LogP contribution in [0.15, 0.2) is 175 Å². The van der Waals surface area contributed by atoms with Crippen molar-refractivity contribution in [3.8, 4) is 24.2 Å². The SMILES string of the molecule is C#C[C@@H]1O[C@]12C(C#C[C@@](Cc1ccc3ccccc3c1)(O[Si](CC)(CC)CC)[C@@H](COC(=O)C(C)(C)C)OCOC)=C[C@H](O[Si](c1ccccc1)(c1ccccc1)C(C)(C)C)[C@H]2O[Si](c1ccccc1)(c1ccccc1)C(C)(C)C. The lowest BCUT2D eigenvalue weighted by Gasteiger charge is -2.48. The molecule has 0 amide bonds. The Morgan fingerprint density at radius 1 is 0.650 bits per heavy atom. The van der Waals surface area contributed by atoms with Crippen LogP contribution < -0.4 is 20.7 Å². The summed E-state index contributed by atoms with van der Waals surface area (Å²) in [4.78, 5) is 13.9. The number of methoxy groups -OCH3 is 1. The molecule has 0 N–H and O–H groups in total. The smallest absolute Gasteiger partial charge is 0.311 e. The zero-order chi connectivity index (χ0) is 57.6. The van der Waals surface area contributed by atoms with E-state index >= 15 is 0 Å². The average Bonchev–Trinajstić information content (AvgIpc) is 3.70. The highest BCUT2D eigenvalue weighted by Crippen LogP contribution is 2.56. The van der Waals surface area contributed by atoms with E-state index in [1.165, 1.54) is 0 Å². The zero-order valence-corrected chi connectivity index (χ0v) is 52.6. The molecule has 1 heterocycles.